The molecule has 2 aliphatic heterocycles. The molecule has 2 N–H and O–H groups in total. The van der Waals surface area contributed by atoms with Gasteiger partial charge < -0.3 is 5.11 Å². The Morgan fingerprint density at radius 2 is 1.74 bits per heavy atom. The number of nitrogens with zero attached hydrogens (tertiary/aromatic N) is 2. The van der Waals surface area contributed by atoms with E-state index in [-0.39, 0.29) is 0 Å². The summed E-state index contributed by atoms with van der Waals surface area (Å²) < 4.78 is 0. The van der Waals surface area contributed by atoms with Gasteiger partial charge in [0.05, 0.1) is 6.10 Å². The molecule has 0 saturated carbocycles. The number of likely N-dealkylation sites (tertiary alicyclic amines) is 1. The molecule has 122 valence electrons. The van der Waals surface area contributed by atoms with Gasteiger partial charge in [-0.1, -0.05) is 30.3 Å². The van der Waals surface area contributed by atoms with Gasteiger partial charge in [0.1, 0.15) is 0 Å². The maximum Gasteiger partial charge on any atom is 0.330 e. The highest BCUT2D eigenvalue weighted by Gasteiger charge is 2.58. The summed E-state index contributed by atoms with van der Waals surface area (Å²) in [5.41, 5.74) is -1.04. The molecule has 0 radical (unpaired) electrons. The van der Waals surface area contributed by atoms with Crippen LogP contribution in [0.4, 0.5) is 4.79 Å². The van der Waals surface area contributed by atoms with Crippen molar-refractivity contribution in [1.29, 1.82) is 0 Å². The number of aliphatic hydroxyl groups excluding tert-OH is 1. The fourth-order valence-corrected chi connectivity index (χ4v) is 3.30. The van der Waals surface area contributed by atoms with Crippen LogP contribution in [0.15, 0.2) is 30.3 Å². The molecule has 1 unspecified atom stereocenters. The van der Waals surface area contributed by atoms with E-state index in [9.17, 15) is 19.5 Å². The summed E-state index contributed by atoms with van der Waals surface area (Å²) in [6.07, 6.45) is 0.528. The van der Waals surface area contributed by atoms with Gasteiger partial charge in [0.25, 0.3) is 11.8 Å². The van der Waals surface area contributed by atoms with E-state index in [1.54, 1.807) is 35.2 Å². The molecule has 2 aliphatic rings. The van der Waals surface area contributed by atoms with Gasteiger partial charge in [0.15, 0.2) is 0 Å². The second kappa shape index (κ2) is 5.75. The van der Waals surface area contributed by atoms with Crippen LogP contribution in [0, 0.1) is 0 Å². The predicted molar refractivity (Wildman–Crippen MR) is 81.2 cm³/mol. The number of urea groups is 1. The van der Waals surface area contributed by atoms with Crippen LogP contribution in [0.3, 0.4) is 0 Å². The molecule has 2 saturated heterocycles. The Morgan fingerprint density at radius 1 is 1.13 bits per heavy atom. The van der Waals surface area contributed by atoms with Crippen LogP contribution in [-0.4, -0.2) is 59.0 Å². The number of piperidine rings is 1. The molecule has 1 aromatic rings. The highest BCUT2D eigenvalue weighted by molar-refractivity contribution is 6.22. The summed E-state index contributed by atoms with van der Waals surface area (Å²) in [5.74, 6) is -1.19. The Hall–Kier alpha value is -2.25. The van der Waals surface area contributed by atoms with Crippen LogP contribution >= 0.6 is 0 Å². The lowest BCUT2D eigenvalue weighted by Crippen LogP contribution is -2.72. The number of aliphatic hydroxyl groups is 1. The number of likely N-dealkylation sites (N-methyl/N-ethyl adjacent to an activating group) is 1. The molecule has 4 amide bonds. The zero-order chi connectivity index (χ0) is 16.6. The van der Waals surface area contributed by atoms with Gasteiger partial charge in [0.2, 0.25) is 5.54 Å². The second-order valence-electron chi connectivity index (χ2n) is 5.92. The molecule has 0 aliphatic carbocycles. The quantitative estimate of drug-likeness (QED) is 0.752. The molecule has 7 nitrogen and oxygen atoms in total. The molecule has 2 heterocycles. The van der Waals surface area contributed by atoms with Crippen molar-refractivity contribution in [2.24, 2.45) is 0 Å². The zero-order valence-corrected chi connectivity index (χ0v) is 12.9. The first kappa shape index (κ1) is 15.6. The number of hydrogen-bond donors (Lipinski definition) is 2. The average molecular weight is 317 g/mol. The van der Waals surface area contributed by atoms with E-state index in [1.165, 1.54) is 7.05 Å². The summed E-state index contributed by atoms with van der Waals surface area (Å²) in [4.78, 5) is 40.3. The Labute approximate surface area is 133 Å². The minimum atomic E-state index is -1.57. The lowest BCUT2D eigenvalue weighted by atomic mass is 9.82. The number of benzene rings is 1. The number of hydrogen-bond acceptors (Lipinski definition) is 5. The average Bonchev–Trinajstić information content (AvgIpc) is 2.56. The van der Waals surface area contributed by atoms with E-state index in [2.05, 4.69) is 5.32 Å². The molecule has 0 aromatic heterocycles. The molecule has 23 heavy (non-hydrogen) atoms. The van der Waals surface area contributed by atoms with Crippen molar-refractivity contribution in [2.45, 2.75) is 24.5 Å². The summed E-state index contributed by atoms with van der Waals surface area (Å²) >= 11 is 0. The number of imide groups is 2. The Balaban J connectivity index is 2.12. The van der Waals surface area contributed by atoms with E-state index in [4.69, 9.17) is 0 Å². The fourth-order valence-electron chi connectivity index (χ4n) is 3.30. The number of carbonyl (C=O) groups is 3. The normalized spacial score (nSPS) is 27.2. The lowest BCUT2D eigenvalue weighted by Gasteiger charge is -2.47. The first-order valence-electron chi connectivity index (χ1n) is 7.60. The smallest absolute Gasteiger partial charge is 0.330 e. The number of nitrogens with one attached hydrogen (secondary N) is 1. The summed E-state index contributed by atoms with van der Waals surface area (Å²) in [6, 6.07) is 8.03. The third-order valence-corrected chi connectivity index (χ3v) is 4.60. The fraction of sp³-hybridized carbons (Fsp3) is 0.438. The highest BCUT2D eigenvalue weighted by Crippen LogP contribution is 2.35. The molecule has 1 atom stereocenters. The van der Waals surface area contributed by atoms with E-state index in [1.807, 2.05) is 0 Å². The van der Waals surface area contributed by atoms with Crippen molar-refractivity contribution in [1.82, 2.24) is 15.1 Å². The van der Waals surface area contributed by atoms with Gasteiger partial charge in [0, 0.05) is 20.1 Å². The third kappa shape index (κ3) is 2.32. The van der Waals surface area contributed by atoms with E-state index >= 15 is 0 Å². The van der Waals surface area contributed by atoms with Crippen molar-refractivity contribution in [2.75, 3.05) is 20.1 Å². The van der Waals surface area contributed by atoms with E-state index in [0.717, 1.165) is 4.90 Å². The zero-order valence-electron chi connectivity index (χ0n) is 12.9. The SMILES string of the molecule is CN1C(=O)NC(=O)C(c2ccccc2)(N2CCC(O)CC2)C1=O. The first-order chi connectivity index (χ1) is 11.0. The molecule has 1 aromatic carbocycles. The molecule has 7 heteroatoms. The minimum Gasteiger partial charge on any atom is -0.393 e. The highest BCUT2D eigenvalue weighted by atomic mass is 16.3. The minimum absolute atomic E-state index is 0.400. The number of carbonyl (C=O) groups excluding carboxylic acids is 3. The van der Waals surface area contributed by atoms with E-state index < -0.39 is 29.5 Å². The van der Waals surface area contributed by atoms with Crippen molar-refractivity contribution >= 4 is 17.8 Å². The van der Waals surface area contributed by atoms with Gasteiger partial charge in [-0.2, -0.15) is 0 Å². The number of barbiturate groups is 1. The van der Waals surface area contributed by atoms with Crippen LogP contribution in [0.25, 0.3) is 0 Å². The number of amides is 4. The molecule has 0 bridgehead atoms. The summed E-state index contributed by atoms with van der Waals surface area (Å²) in [5, 5.41) is 12.0. The van der Waals surface area contributed by atoms with Crippen LogP contribution in [0.2, 0.25) is 0 Å². The van der Waals surface area contributed by atoms with Gasteiger partial charge in [-0.05, 0) is 18.4 Å². The molecule has 0 spiro atoms. The maximum absolute atomic E-state index is 13.0. The molecular weight excluding hydrogens is 298 g/mol. The largest absolute Gasteiger partial charge is 0.393 e. The molecule has 3 rings (SSSR count). The van der Waals surface area contributed by atoms with Crippen molar-refractivity contribution in [3.05, 3.63) is 35.9 Å². The maximum atomic E-state index is 13.0. The van der Waals surface area contributed by atoms with Crippen LogP contribution < -0.4 is 5.32 Å². The third-order valence-electron chi connectivity index (χ3n) is 4.60. The van der Waals surface area contributed by atoms with Gasteiger partial charge in [-0.15, -0.1) is 0 Å². The Kier molecular flexibility index (Phi) is 3.91. The van der Waals surface area contributed by atoms with Crippen molar-refractivity contribution in [3.8, 4) is 0 Å². The Morgan fingerprint density at radius 3 is 2.35 bits per heavy atom. The first-order valence-corrected chi connectivity index (χ1v) is 7.60. The van der Waals surface area contributed by atoms with Gasteiger partial charge >= 0.3 is 6.03 Å². The van der Waals surface area contributed by atoms with Crippen molar-refractivity contribution in [3.63, 3.8) is 0 Å². The van der Waals surface area contributed by atoms with Gasteiger partial charge in [-0.25, -0.2) is 4.79 Å². The topological polar surface area (TPSA) is 90.0 Å². The predicted octanol–water partition coefficient (Wildman–Crippen LogP) is 0.0468. The second-order valence-corrected chi connectivity index (χ2v) is 5.92. The summed E-state index contributed by atoms with van der Waals surface area (Å²) in [6.45, 7) is 0.800. The summed E-state index contributed by atoms with van der Waals surface area (Å²) in [7, 11) is 1.36. The lowest BCUT2D eigenvalue weighted by molar-refractivity contribution is -0.157. The van der Waals surface area contributed by atoms with Crippen LogP contribution in [-0.2, 0) is 15.1 Å². The molecular formula is C16H19N3O4. The molecule has 2 fully saturated rings. The van der Waals surface area contributed by atoms with Crippen LogP contribution in [0.5, 0.6) is 0 Å². The van der Waals surface area contributed by atoms with Crippen LogP contribution in [0.1, 0.15) is 18.4 Å². The monoisotopic (exact) mass is 317 g/mol. The Bertz CT molecular complexity index is 640. The van der Waals surface area contributed by atoms with Gasteiger partial charge in [-0.3, -0.25) is 24.7 Å². The van der Waals surface area contributed by atoms with E-state index in [0.29, 0.717) is 31.5 Å². The number of rotatable bonds is 2. The van der Waals surface area contributed by atoms with Crippen molar-refractivity contribution < 1.29 is 19.5 Å². The standard InChI is InChI=1S/C16H19N3O4/c1-18-14(22)16(13(21)17-15(18)23,11-5-3-2-4-6-11)19-9-7-12(20)8-10-19/h2-6,12,20H,7-10H2,1H3,(H,17,21,23).